The first-order valence-electron chi connectivity index (χ1n) is 35.8. The first-order chi connectivity index (χ1) is 48.2. The van der Waals surface area contributed by atoms with Gasteiger partial charge in [0.2, 0.25) is 0 Å². The molecule has 13 rings (SSSR count). The van der Waals surface area contributed by atoms with Gasteiger partial charge in [0.15, 0.2) is 14.6 Å². The average Bonchev–Trinajstić information content (AvgIpc) is 1.61. The second kappa shape index (κ2) is 26.4. The molecular weight excluding hydrogens is 1180 g/mol. The summed E-state index contributed by atoms with van der Waals surface area (Å²) in [4.78, 5) is 9.99. The summed E-state index contributed by atoms with van der Waals surface area (Å²) < 4.78 is 46.7. The van der Waals surface area contributed by atoms with Crippen LogP contribution in [0.5, 0.6) is 11.5 Å². The molecular formula is C88H88B2N6O. The van der Waals surface area contributed by atoms with E-state index in [-0.39, 0.29) is 45.8 Å². The van der Waals surface area contributed by atoms with Gasteiger partial charge in [-0.15, -0.1) is 12.0 Å². The van der Waals surface area contributed by atoms with Gasteiger partial charge in [-0.3, -0.25) is 4.57 Å². The second-order valence-corrected chi connectivity index (χ2v) is 29.8. The Morgan fingerprint density at radius 3 is 1.59 bits per heavy atom. The Balaban J connectivity index is 1.05. The molecule has 8 aromatic carbocycles. The maximum absolute atomic E-state index is 9.65. The van der Waals surface area contributed by atoms with Crippen LogP contribution in [0.2, 0.25) is 0 Å². The lowest BCUT2D eigenvalue weighted by atomic mass is 9.62. The molecule has 2 radical (unpaired) electrons. The summed E-state index contributed by atoms with van der Waals surface area (Å²) in [6.45, 7) is 30.3. The summed E-state index contributed by atoms with van der Waals surface area (Å²) in [5, 5.41) is 7.64. The first-order valence-corrected chi connectivity index (χ1v) is 33.8. The Morgan fingerprint density at radius 1 is 0.464 bits per heavy atom. The lowest BCUT2D eigenvalue weighted by molar-refractivity contribution is 0.483. The Bertz CT molecular complexity index is 4980. The topological polar surface area (TPSA) is 57.6 Å². The molecule has 2 aromatic heterocycles. The van der Waals surface area contributed by atoms with Crippen molar-refractivity contribution in [1.82, 2.24) is 20.2 Å². The molecule has 3 aliphatic heterocycles. The van der Waals surface area contributed by atoms with E-state index >= 15 is 0 Å². The molecule has 482 valence electrons. The van der Waals surface area contributed by atoms with Crippen molar-refractivity contribution in [2.24, 2.45) is 0 Å². The van der Waals surface area contributed by atoms with E-state index in [0.717, 1.165) is 72.6 Å². The zero-order valence-electron chi connectivity index (χ0n) is 62.2. The van der Waals surface area contributed by atoms with Crippen molar-refractivity contribution in [2.75, 3.05) is 16.5 Å². The van der Waals surface area contributed by atoms with Gasteiger partial charge in [-0.2, -0.15) is 0 Å². The highest BCUT2D eigenvalue weighted by atomic mass is 16.5. The average molecular weight is 1270 g/mol. The molecule has 0 amide bonds. The van der Waals surface area contributed by atoms with Gasteiger partial charge in [-0.25, -0.2) is 4.98 Å². The maximum Gasteiger partial charge on any atom is 0.182 e. The molecule has 0 atom stereocenters. The van der Waals surface area contributed by atoms with Crippen LogP contribution in [-0.4, -0.2) is 30.8 Å². The molecule has 9 heteroatoms. The number of ether oxygens (including phenoxy) is 1. The number of nitrogens with zero attached hydrogens (tertiary/aromatic N) is 4. The van der Waals surface area contributed by atoms with Gasteiger partial charge in [0.25, 0.3) is 0 Å². The fourth-order valence-corrected chi connectivity index (χ4v) is 13.6. The van der Waals surface area contributed by atoms with Gasteiger partial charge in [-0.1, -0.05) is 221 Å². The molecule has 3 aliphatic rings. The van der Waals surface area contributed by atoms with E-state index in [0.29, 0.717) is 45.8 Å². The van der Waals surface area contributed by atoms with E-state index in [4.69, 9.17) is 12.5 Å². The molecule has 2 N–H and O–H groups in total. The lowest BCUT2D eigenvalue weighted by Crippen LogP contribution is -2.27. The number of para-hydroxylation sites is 3. The number of benzene rings is 8. The van der Waals surface area contributed by atoms with Crippen LogP contribution in [0, 0.1) is 0 Å². The Hall–Kier alpha value is -10.2. The summed E-state index contributed by atoms with van der Waals surface area (Å²) in [6, 6.07) is 55.0. The predicted molar refractivity (Wildman–Crippen MR) is 414 cm³/mol. The number of fused-ring (bicyclic) bond motifs is 4. The molecule has 0 spiro atoms. The number of rotatable bonds is 11. The number of hydrogen-bond donors (Lipinski definition) is 2. The van der Waals surface area contributed by atoms with E-state index in [1.54, 1.807) is 6.20 Å². The third-order valence-electron chi connectivity index (χ3n) is 18.9. The van der Waals surface area contributed by atoms with E-state index in [9.17, 15) is 2.74 Å². The van der Waals surface area contributed by atoms with Gasteiger partial charge in [0, 0.05) is 65.0 Å². The van der Waals surface area contributed by atoms with Gasteiger partial charge >= 0.3 is 0 Å². The molecule has 10 aromatic rings. The summed E-state index contributed by atoms with van der Waals surface area (Å²) >= 11 is 0. The fraction of sp³-hybridized carbons (Fsp3) is 0.216. The number of allylic oxidation sites excluding steroid dienone is 8. The summed E-state index contributed by atoms with van der Waals surface area (Å²) in [5.74, 6) is 5.83. The van der Waals surface area contributed by atoms with E-state index in [1.807, 2.05) is 77.9 Å². The minimum absolute atomic E-state index is 0.126. The molecule has 5 heterocycles. The fourth-order valence-electron chi connectivity index (χ4n) is 13.6. The smallest absolute Gasteiger partial charge is 0.182 e. The lowest BCUT2D eigenvalue weighted by Gasteiger charge is -2.34. The molecule has 0 aliphatic carbocycles. The highest BCUT2D eigenvalue weighted by molar-refractivity contribution is 6.67. The van der Waals surface area contributed by atoms with Crippen molar-refractivity contribution >= 4 is 70.1 Å². The van der Waals surface area contributed by atoms with Gasteiger partial charge in [0.1, 0.15) is 24.0 Å². The van der Waals surface area contributed by atoms with Crippen LogP contribution in [0.25, 0.3) is 49.7 Å². The Morgan fingerprint density at radius 2 is 1.01 bits per heavy atom. The summed E-state index contributed by atoms with van der Waals surface area (Å²) in [7, 11) is 4.42. The van der Waals surface area contributed by atoms with Gasteiger partial charge in [0.05, 0.1) is 33.6 Å². The number of anilines is 4. The van der Waals surface area contributed by atoms with Crippen molar-refractivity contribution in [3.8, 4) is 28.4 Å². The third-order valence-corrected chi connectivity index (χ3v) is 18.9. The van der Waals surface area contributed by atoms with Crippen molar-refractivity contribution < 1.29 is 10.2 Å². The maximum atomic E-state index is 9.65. The predicted octanol–water partition coefficient (Wildman–Crippen LogP) is 21.8. The van der Waals surface area contributed by atoms with Crippen LogP contribution in [0.15, 0.2) is 273 Å². The van der Waals surface area contributed by atoms with Crippen molar-refractivity contribution in [2.45, 2.75) is 117 Å². The summed E-state index contributed by atoms with van der Waals surface area (Å²) in [5.41, 5.74) is 17.9. The number of hydrogen-bond acceptors (Lipinski definition) is 6. The molecule has 0 bridgehead atoms. The van der Waals surface area contributed by atoms with Gasteiger partial charge in [-0.05, 0) is 181 Å². The van der Waals surface area contributed by atoms with Crippen LogP contribution >= 0.6 is 0 Å². The standard InChI is InChI=1S/C88H88B2N6O/c1-84(2,3)64-52-71(75-35-28-47-91-45-26-24-43-89-75)83(72(53-64)76-36-29-48-92-46-27-25-44-90-76)95-59-94(78-38-22-23-39-79(78)95)66-50-60(82-73(86(7,8)9)54-65(85(4,5)6)55-74(82)87(10,11)12)51-68(57-66)97-67-40-41-70-69-34-20-21-37-77(69)96(80(70)58-67)81-56-63(42-49-93-81)88(13,61-30-16-14-17-31-61)62-32-18-15-19-33-62/h14-58,91-92H,59H2,1-13H3/b43-24-,44-25-,45-26-,46-27-,47-28-,48-29-,75-35-,76-36-/i20D,21D,34D,37D. The number of aromatic nitrogens is 2. The second-order valence-electron chi connectivity index (χ2n) is 29.8. The summed E-state index contributed by atoms with van der Waals surface area (Å²) in [6.07, 6.45) is 26.2. The molecule has 97 heavy (non-hydrogen) atoms. The van der Waals surface area contributed by atoms with Crippen LogP contribution in [0.3, 0.4) is 0 Å². The number of pyridine rings is 1. The van der Waals surface area contributed by atoms with Crippen molar-refractivity contribution in [1.29, 1.82) is 0 Å². The van der Waals surface area contributed by atoms with Gasteiger partial charge < -0.3 is 25.2 Å². The Labute approximate surface area is 582 Å². The monoisotopic (exact) mass is 1270 g/mol. The third kappa shape index (κ3) is 13.3. The highest BCUT2D eigenvalue weighted by Crippen LogP contribution is 2.53. The van der Waals surface area contributed by atoms with E-state index < -0.39 is 5.41 Å². The molecule has 0 unspecified atom stereocenters. The molecule has 0 fully saturated rings. The largest absolute Gasteiger partial charge is 0.457 e. The molecule has 7 nitrogen and oxygen atoms in total. The van der Waals surface area contributed by atoms with Crippen LogP contribution < -0.4 is 25.2 Å². The Kier molecular flexibility index (Phi) is 16.4. The van der Waals surface area contributed by atoms with E-state index in [1.165, 1.54) is 22.3 Å². The molecule has 0 saturated carbocycles. The SMILES string of the molecule is [2H]c1c([2H])c([2H])c2c(c1[2H])c1ccc(Oc3cc(-c4c(C(C)(C)C)cc(C(C)(C)C)cc4C(C)(C)C)cc(N4CN(c5c(/C6=C/C=C\N/C=C\C=C/[B]6)cc(C(C)(C)C)cc5/C5=C/C=C\N/C=C\C=C/[B]5)c5ccccc54)c3)cc1n2-c1cc(C(C)(c2ccccc2)c2ccccc2)ccn1. The number of nitrogens with one attached hydrogen (secondary N) is 2. The van der Waals surface area contributed by atoms with Crippen molar-refractivity contribution in [3.05, 3.63) is 324 Å². The zero-order chi connectivity index (χ0) is 71.3. The van der Waals surface area contributed by atoms with Crippen molar-refractivity contribution in [3.63, 3.8) is 0 Å². The van der Waals surface area contributed by atoms with Crippen LogP contribution in [0.1, 0.15) is 146 Å². The normalized spacial score (nSPS) is 18.2. The quantitative estimate of drug-likeness (QED) is 0.126. The van der Waals surface area contributed by atoms with Crippen LogP contribution in [-0.2, 0) is 27.1 Å². The molecule has 0 saturated heterocycles. The minimum Gasteiger partial charge on any atom is -0.457 e. The highest BCUT2D eigenvalue weighted by Gasteiger charge is 2.37. The zero-order valence-corrected chi connectivity index (χ0v) is 58.2. The first kappa shape index (κ1) is 60.4. The van der Waals surface area contributed by atoms with Crippen LogP contribution in [0.4, 0.5) is 22.7 Å². The minimum atomic E-state index is -0.639. The van der Waals surface area contributed by atoms with E-state index in [2.05, 4.69) is 295 Å².